The lowest BCUT2D eigenvalue weighted by Gasteiger charge is -2.17. The number of aromatic nitrogens is 1. The summed E-state index contributed by atoms with van der Waals surface area (Å²) in [6.07, 6.45) is -2.10. The van der Waals surface area contributed by atoms with Crippen molar-refractivity contribution in [2.45, 2.75) is 17.1 Å². The highest BCUT2D eigenvalue weighted by molar-refractivity contribution is 9.10. The summed E-state index contributed by atoms with van der Waals surface area (Å²) in [4.78, 5) is 4.70. The number of nitrogens with two attached hydrogens (primary N) is 1. The summed E-state index contributed by atoms with van der Waals surface area (Å²) in [6.45, 7) is 0. The van der Waals surface area contributed by atoms with Crippen LogP contribution >= 0.6 is 27.7 Å². The predicted molar refractivity (Wildman–Crippen MR) is 81.0 cm³/mol. The van der Waals surface area contributed by atoms with Gasteiger partial charge >= 0.3 is 6.18 Å². The van der Waals surface area contributed by atoms with Gasteiger partial charge in [-0.3, -0.25) is 4.98 Å². The predicted octanol–water partition coefficient (Wildman–Crippen LogP) is 4.66. The van der Waals surface area contributed by atoms with Crippen molar-refractivity contribution >= 4 is 27.7 Å². The molecule has 2 nitrogen and oxygen atoms in total. The second kappa shape index (κ2) is 6.81. The molecule has 1 unspecified atom stereocenters. The van der Waals surface area contributed by atoms with Crippen LogP contribution in [-0.4, -0.2) is 10.7 Å². The topological polar surface area (TPSA) is 38.9 Å². The number of rotatable bonds is 4. The monoisotopic (exact) mass is 376 g/mol. The first-order valence-electron chi connectivity index (χ1n) is 6.03. The van der Waals surface area contributed by atoms with E-state index in [0.717, 1.165) is 21.6 Å². The van der Waals surface area contributed by atoms with Gasteiger partial charge in [0.2, 0.25) is 0 Å². The second-order valence-corrected chi connectivity index (χ2v) is 6.34. The zero-order valence-electron chi connectivity index (χ0n) is 10.8. The highest BCUT2D eigenvalue weighted by atomic mass is 79.9. The lowest BCUT2D eigenvalue weighted by molar-refractivity contribution is -0.138. The molecule has 1 atom stereocenters. The van der Waals surface area contributed by atoms with Crippen LogP contribution in [0.15, 0.2) is 52.1 Å². The molecule has 1 heterocycles. The Morgan fingerprint density at radius 1 is 1.19 bits per heavy atom. The van der Waals surface area contributed by atoms with E-state index >= 15 is 0 Å². The molecule has 0 radical (unpaired) electrons. The molecule has 0 spiro atoms. The third-order valence-corrected chi connectivity index (χ3v) is 4.46. The Morgan fingerprint density at radius 2 is 1.86 bits per heavy atom. The summed E-state index contributed by atoms with van der Waals surface area (Å²) in [5.41, 5.74) is 5.20. The van der Waals surface area contributed by atoms with E-state index in [1.54, 1.807) is 0 Å². The molecule has 0 bridgehead atoms. The average molecular weight is 377 g/mol. The molecule has 112 valence electrons. The second-order valence-electron chi connectivity index (χ2n) is 4.33. The van der Waals surface area contributed by atoms with Crippen LogP contribution in [0.2, 0.25) is 0 Å². The quantitative estimate of drug-likeness (QED) is 0.788. The fourth-order valence-electron chi connectivity index (χ4n) is 1.77. The lowest BCUT2D eigenvalue weighted by atomic mass is 10.0. The van der Waals surface area contributed by atoms with Crippen LogP contribution in [0.5, 0.6) is 0 Å². The zero-order valence-corrected chi connectivity index (χ0v) is 13.2. The molecule has 1 aromatic heterocycles. The Labute approximate surface area is 133 Å². The Morgan fingerprint density at radius 3 is 2.48 bits per heavy atom. The third-order valence-electron chi connectivity index (χ3n) is 2.80. The van der Waals surface area contributed by atoms with E-state index in [2.05, 4.69) is 20.9 Å². The van der Waals surface area contributed by atoms with Crippen LogP contribution in [0, 0.1) is 0 Å². The number of nitrogens with zero attached hydrogens (tertiary/aromatic N) is 1. The number of alkyl halides is 3. The van der Waals surface area contributed by atoms with Gasteiger partial charge in [-0.15, -0.1) is 11.8 Å². The van der Waals surface area contributed by atoms with Crippen molar-refractivity contribution in [3.8, 4) is 0 Å². The van der Waals surface area contributed by atoms with E-state index in [1.165, 1.54) is 18.0 Å². The smallest absolute Gasteiger partial charge is 0.323 e. The van der Waals surface area contributed by atoms with Gasteiger partial charge in [-0.2, -0.15) is 13.2 Å². The van der Waals surface area contributed by atoms with Crippen molar-refractivity contribution in [1.29, 1.82) is 0 Å². The third kappa shape index (κ3) is 4.46. The average Bonchev–Trinajstić information content (AvgIpc) is 2.45. The molecule has 7 heteroatoms. The van der Waals surface area contributed by atoms with E-state index in [0.29, 0.717) is 5.75 Å². The fourth-order valence-corrected chi connectivity index (χ4v) is 2.91. The van der Waals surface area contributed by atoms with Gasteiger partial charge in [0.15, 0.2) is 0 Å². The highest BCUT2D eigenvalue weighted by Crippen LogP contribution is 2.35. The van der Waals surface area contributed by atoms with Crippen molar-refractivity contribution in [1.82, 2.24) is 4.98 Å². The minimum absolute atomic E-state index is 0.0228. The Bertz CT molecular complexity index is 602. The molecule has 1 aromatic carbocycles. The van der Waals surface area contributed by atoms with Crippen molar-refractivity contribution in [2.24, 2.45) is 5.73 Å². The molecule has 0 aliphatic heterocycles. The van der Waals surface area contributed by atoms with Crippen molar-refractivity contribution in [2.75, 3.05) is 5.75 Å². The maximum atomic E-state index is 12.9. The maximum absolute atomic E-state index is 12.9. The summed E-state index contributed by atoms with van der Waals surface area (Å²) in [7, 11) is 0. The van der Waals surface area contributed by atoms with E-state index < -0.39 is 17.8 Å². The lowest BCUT2D eigenvalue weighted by Crippen LogP contribution is -2.19. The summed E-state index contributed by atoms with van der Waals surface area (Å²) < 4.78 is 39.7. The first-order valence-corrected chi connectivity index (χ1v) is 7.81. The largest absolute Gasteiger partial charge is 0.416 e. The van der Waals surface area contributed by atoms with E-state index in [4.69, 9.17) is 5.73 Å². The first kappa shape index (κ1) is 16.3. The summed E-state index contributed by atoms with van der Waals surface area (Å²) in [6, 6.07) is 7.74. The van der Waals surface area contributed by atoms with Crippen LogP contribution in [0.3, 0.4) is 0 Å². The number of hydrogen-bond donors (Lipinski definition) is 1. The minimum atomic E-state index is -4.42. The normalized spacial score (nSPS) is 13.2. The maximum Gasteiger partial charge on any atom is 0.416 e. The molecule has 2 N–H and O–H groups in total. The molecule has 21 heavy (non-hydrogen) atoms. The molecular formula is C14H12BrF3N2S. The fraction of sp³-hybridized carbons (Fsp3) is 0.214. The SMILES string of the molecule is NC(CSc1ccc(Br)cc1)c1cnccc1C(F)(F)F. The summed E-state index contributed by atoms with van der Waals surface area (Å²) in [5.74, 6) is 0.344. The number of halogens is 4. The zero-order chi connectivity index (χ0) is 15.5. The van der Waals surface area contributed by atoms with Gasteiger partial charge in [-0.25, -0.2) is 0 Å². The van der Waals surface area contributed by atoms with Gasteiger partial charge < -0.3 is 5.73 Å². The van der Waals surface area contributed by atoms with Crippen molar-refractivity contribution < 1.29 is 13.2 Å². The Balaban J connectivity index is 2.10. The number of pyridine rings is 1. The van der Waals surface area contributed by atoms with Gasteiger partial charge in [-0.05, 0) is 30.3 Å². The van der Waals surface area contributed by atoms with Crippen LogP contribution in [0.25, 0.3) is 0 Å². The highest BCUT2D eigenvalue weighted by Gasteiger charge is 2.34. The molecular weight excluding hydrogens is 365 g/mol. The van der Waals surface area contributed by atoms with E-state index in [9.17, 15) is 13.2 Å². The van der Waals surface area contributed by atoms with Crippen molar-refractivity contribution in [3.63, 3.8) is 0 Å². The molecule has 0 fully saturated rings. The minimum Gasteiger partial charge on any atom is -0.323 e. The molecule has 0 saturated carbocycles. The first-order chi connectivity index (χ1) is 9.88. The van der Waals surface area contributed by atoms with E-state index in [1.807, 2.05) is 24.3 Å². The Hall–Kier alpha value is -1.05. The molecule has 0 amide bonds. The Kier molecular flexibility index (Phi) is 5.29. The van der Waals surface area contributed by atoms with Gasteiger partial charge in [-0.1, -0.05) is 15.9 Å². The molecule has 0 saturated heterocycles. The molecule has 2 rings (SSSR count). The number of thioether (sulfide) groups is 1. The van der Waals surface area contributed by atoms with E-state index in [-0.39, 0.29) is 5.56 Å². The molecule has 0 aliphatic carbocycles. The van der Waals surface area contributed by atoms with Gasteiger partial charge in [0.25, 0.3) is 0 Å². The number of benzene rings is 1. The van der Waals surface area contributed by atoms with Crippen LogP contribution in [0.4, 0.5) is 13.2 Å². The van der Waals surface area contributed by atoms with Crippen LogP contribution in [-0.2, 0) is 6.18 Å². The van der Waals surface area contributed by atoms with Gasteiger partial charge in [0.05, 0.1) is 5.56 Å². The van der Waals surface area contributed by atoms with Gasteiger partial charge in [0.1, 0.15) is 0 Å². The summed E-state index contributed by atoms with van der Waals surface area (Å²) >= 11 is 4.74. The molecule has 2 aromatic rings. The van der Waals surface area contributed by atoms with Crippen LogP contribution < -0.4 is 5.73 Å². The van der Waals surface area contributed by atoms with Gasteiger partial charge in [0, 0.05) is 39.1 Å². The number of hydrogen-bond acceptors (Lipinski definition) is 3. The van der Waals surface area contributed by atoms with Crippen molar-refractivity contribution in [3.05, 3.63) is 58.3 Å². The standard InChI is InChI=1S/C14H12BrF3N2S/c15-9-1-3-10(4-2-9)21-8-13(19)11-7-20-6-5-12(11)14(16,17)18/h1-7,13H,8,19H2. The van der Waals surface area contributed by atoms with Crippen LogP contribution in [0.1, 0.15) is 17.2 Å². The summed E-state index contributed by atoms with van der Waals surface area (Å²) in [5, 5.41) is 0. The molecule has 0 aliphatic rings.